The third-order valence-corrected chi connectivity index (χ3v) is 6.26. The molecule has 0 aromatic carbocycles. The Bertz CT molecular complexity index is 905. The highest BCUT2D eigenvalue weighted by atomic mass is 79.9. The molecule has 3 heterocycles. The maximum Gasteiger partial charge on any atom is 0.279 e. The first-order valence-electron chi connectivity index (χ1n) is 7.92. The molecular formula is C15H22BrN4O4P. The van der Waals surface area contributed by atoms with Crippen LogP contribution in [0, 0.1) is 6.92 Å². The van der Waals surface area contributed by atoms with Crippen LogP contribution in [0.4, 0.5) is 0 Å². The van der Waals surface area contributed by atoms with Crippen molar-refractivity contribution in [2.45, 2.75) is 37.9 Å². The molecule has 0 radical (unpaired) electrons. The van der Waals surface area contributed by atoms with E-state index in [0.717, 1.165) is 6.16 Å². The van der Waals surface area contributed by atoms with Crippen molar-refractivity contribution >= 4 is 40.3 Å². The highest BCUT2D eigenvalue weighted by molar-refractivity contribution is 9.10. The average Bonchev–Trinajstić information content (AvgIpc) is 2.95. The summed E-state index contributed by atoms with van der Waals surface area (Å²) >= 11 is 3.30. The molecule has 1 aliphatic heterocycles. The van der Waals surface area contributed by atoms with Crippen LogP contribution in [0.5, 0.6) is 0 Å². The molecular weight excluding hydrogens is 411 g/mol. The molecule has 0 unspecified atom stereocenters. The van der Waals surface area contributed by atoms with E-state index in [1.807, 2.05) is 0 Å². The van der Waals surface area contributed by atoms with E-state index in [1.165, 1.54) is 4.57 Å². The highest BCUT2D eigenvalue weighted by Crippen LogP contribution is 2.40. The van der Waals surface area contributed by atoms with Gasteiger partial charge in [0.1, 0.15) is 18.0 Å². The second-order valence-electron chi connectivity index (χ2n) is 7.07. The lowest BCUT2D eigenvalue weighted by Crippen LogP contribution is -2.32. The number of ether oxygens (including phenoxy) is 1. The number of nitrogens with zero attached hydrogens (tertiary/aromatic N) is 3. The van der Waals surface area contributed by atoms with Gasteiger partial charge in [0.25, 0.3) is 5.56 Å². The third kappa shape index (κ3) is 3.61. The average molecular weight is 433 g/mol. The Morgan fingerprint density at radius 1 is 1.36 bits per heavy atom. The number of aromatic amines is 1. The maximum atomic E-state index is 12.1. The molecule has 0 amide bonds. The topological polar surface area (TPSA) is 113 Å². The molecule has 0 saturated carbocycles. The summed E-state index contributed by atoms with van der Waals surface area (Å²) in [7, 11) is 0. The summed E-state index contributed by atoms with van der Waals surface area (Å²) in [6, 6.07) is 0. The molecule has 0 aliphatic carbocycles. The molecule has 3 rings (SSSR count). The summed E-state index contributed by atoms with van der Waals surface area (Å²) in [6.45, 7) is 4.62. The zero-order valence-electron chi connectivity index (χ0n) is 14.3. The predicted octanol–water partition coefficient (Wildman–Crippen LogP) is 0.909. The fourth-order valence-electron chi connectivity index (χ4n) is 2.95. The number of fused-ring (bicyclic) bond motifs is 1. The lowest BCUT2D eigenvalue weighted by molar-refractivity contribution is -0.0366. The van der Waals surface area contributed by atoms with Gasteiger partial charge in [-0.15, -0.1) is 13.2 Å². The molecule has 8 nitrogen and oxygen atoms in total. The molecule has 25 heavy (non-hydrogen) atoms. The van der Waals surface area contributed by atoms with Crippen molar-refractivity contribution in [2.24, 2.45) is 0 Å². The van der Waals surface area contributed by atoms with Crippen LogP contribution in [0.15, 0.2) is 9.53 Å². The van der Waals surface area contributed by atoms with Gasteiger partial charge in [0.05, 0.1) is 6.10 Å². The lowest BCUT2D eigenvalue weighted by Gasteiger charge is -2.19. The first-order valence-corrected chi connectivity index (χ1v) is 11.8. The highest BCUT2D eigenvalue weighted by Gasteiger charge is 2.44. The van der Waals surface area contributed by atoms with Crippen molar-refractivity contribution < 1.29 is 14.9 Å². The zero-order valence-corrected chi connectivity index (χ0v) is 16.8. The first kappa shape index (κ1) is 18.8. The second kappa shape index (κ2) is 6.63. The van der Waals surface area contributed by atoms with Gasteiger partial charge in [0.2, 0.25) is 0 Å². The fourth-order valence-corrected chi connectivity index (χ4v) is 4.45. The predicted molar refractivity (Wildman–Crippen MR) is 102 cm³/mol. The van der Waals surface area contributed by atoms with Gasteiger partial charge in [-0.25, -0.2) is 9.97 Å². The zero-order chi connectivity index (χ0) is 18.5. The molecule has 1 fully saturated rings. The van der Waals surface area contributed by atoms with E-state index in [4.69, 9.17) is 4.74 Å². The van der Waals surface area contributed by atoms with Crippen molar-refractivity contribution in [2.75, 3.05) is 19.5 Å². The molecule has 1 saturated heterocycles. The number of rotatable bonds is 4. The lowest BCUT2D eigenvalue weighted by atomic mass is 10.1. The fraction of sp³-hybridized carbons (Fsp3) is 0.600. The SMILES string of the molecule is C=P(C)(C)CC[C@H]1O[C@@H](n2c(Br)nc3c(=O)[nH]c(C)nc32)[C@H](O)[C@@H]1O. The van der Waals surface area contributed by atoms with Crippen molar-refractivity contribution in [1.29, 1.82) is 0 Å². The number of H-pyrrole nitrogens is 1. The molecule has 2 aromatic rings. The van der Waals surface area contributed by atoms with Crippen molar-refractivity contribution in [3.63, 3.8) is 0 Å². The minimum Gasteiger partial charge on any atom is -0.388 e. The third-order valence-electron chi connectivity index (χ3n) is 4.24. The van der Waals surface area contributed by atoms with E-state index in [-0.39, 0.29) is 11.1 Å². The molecule has 3 N–H and O–H groups in total. The van der Waals surface area contributed by atoms with Gasteiger partial charge in [-0.1, -0.05) is 0 Å². The monoisotopic (exact) mass is 432 g/mol. The van der Waals surface area contributed by atoms with E-state index >= 15 is 0 Å². The Balaban J connectivity index is 1.97. The number of aryl methyl sites for hydroxylation is 1. The van der Waals surface area contributed by atoms with E-state index in [9.17, 15) is 15.0 Å². The Morgan fingerprint density at radius 2 is 2.04 bits per heavy atom. The van der Waals surface area contributed by atoms with E-state index in [0.29, 0.717) is 22.6 Å². The van der Waals surface area contributed by atoms with E-state index in [2.05, 4.69) is 50.5 Å². The molecule has 4 atom stereocenters. The van der Waals surface area contributed by atoms with E-state index < -0.39 is 31.4 Å². The smallest absolute Gasteiger partial charge is 0.279 e. The Hall–Kier alpha value is -0.990. The van der Waals surface area contributed by atoms with Crippen LogP contribution < -0.4 is 5.56 Å². The van der Waals surface area contributed by atoms with Crippen molar-refractivity contribution in [3.05, 3.63) is 20.9 Å². The number of nitrogens with one attached hydrogen (secondary N) is 1. The van der Waals surface area contributed by atoms with Gasteiger partial charge in [-0.05, 0) is 48.8 Å². The van der Waals surface area contributed by atoms with Crippen LogP contribution in [0.25, 0.3) is 11.2 Å². The van der Waals surface area contributed by atoms with Gasteiger partial charge in [0, 0.05) is 0 Å². The normalized spacial score (nSPS) is 27.3. The van der Waals surface area contributed by atoms with E-state index in [1.54, 1.807) is 6.92 Å². The molecule has 138 valence electrons. The summed E-state index contributed by atoms with van der Waals surface area (Å²) in [5.41, 5.74) is 0.0844. The summed E-state index contributed by atoms with van der Waals surface area (Å²) in [6.07, 6.45) is 2.06. The number of hydrogen-bond acceptors (Lipinski definition) is 6. The minimum atomic E-state index is -1.26. The second-order valence-corrected chi connectivity index (χ2v) is 12.1. The number of aromatic nitrogens is 4. The van der Waals surface area contributed by atoms with Crippen LogP contribution in [-0.4, -0.2) is 73.8 Å². The van der Waals surface area contributed by atoms with Crippen LogP contribution in [0.3, 0.4) is 0 Å². The van der Waals surface area contributed by atoms with Gasteiger partial charge < -0.3 is 19.9 Å². The van der Waals surface area contributed by atoms with Gasteiger partial charge in [0.15, 0.2) is 22.1 Å². The van der Waals surface area contributed by atoms with Gasteiger partial charge in [-0.2, -0.15) is 0 Å². The molecule has 0 bridgehead atoms. The Kier molecular flexibility index (Phi) is 4.98. The van der Waals surface area contributed by atoms with Crippen LogP contribution in [0.2, 0.25) is 0 Å². The van der Waals surface area contributed by atoms with Crippen LogP contribution >= 0.6 is 22.8 Å². The van der Waals surface area contributed by atoms with Crippen LogP contribution in [-0.2, 0) is 4.74 Å². The number of aliphatic hydroxyl groups excluding tert-OH is 2. The summed E-state index contributed by atoms with van der Waals surface area (Å²) in [5.74, 6) is 0.430. The van der Waals surface area contributed by atoms with Gasteiger partial charge >= 0.3 is 0 Å². The summed E-state index contributed by atoms with van der Waals surface area (Å²) < 4.78 is 7.75. The number of hydrogen-bond donors (Lipinski definition) is 3. The molecule has 2 aromatic heterocycles. The minimum absolute atomic E-state index is 0.149. The summed E-state index contributed by atoms with van der Waals surface area (Å²) in [4.78, 5) is 23.1. The number of aliphatic hydroxyl groups is 2. The Labute approximate surface area is 153 Å². The maximum absolute atomic E-state index is 12.1. The van der Waals surface area contributed by atoms with Gasteiger partial charge in [-0.3, -0.25) is 9.36 Å². The summed E-state index contributed by atoms with van der Waals surface area (Å²) in [5, 5.41) is 20.9. The molecule has 1 aliphatic rings. The van der Waals surface area contributed by atoms with Crippen molar-refractivity contribution in [1.82, 2.24) is 19.5 Å². The standard InChI is InChI=1S/C15H22BrN4O4P/c1-7-17-12-9(13(23)18-7)19-15(16)20(12)14-11(22)10(21)8(24-14)5-6-25(2,3)4/h8,10-11,14,21-22H,2,5-6H2,1,3-4H3,(H,17,18,23)/t8-,10-,11-,14-/m1/s1. The first-order chi connectivity index (χ1) is 11.6. The molecule has 10 heteroatoms. The van der Waals surface area contributed by atoms with Crippen LogP contribution in [0.1, 0.15) is 18.5 Å². The number of imidazole rings is 1. The quantitative estimate of drug-likeness (QED) is 0.488. The Morgan fingerprint density at radius 3 is 2.68 bits per heavy atom. The number of halogens is 1. The molecule has 0 spiro atoms. The largest absolute Gasteiger partial charge is 0.388 e. The van der Waals surface area contributed by atoms with Crippen molar-refractivity contribution in [3.8, 4) is 0 Å².